The molecule has 1 aromatic rings. The molecule has 5 heteroatoms. The van der Waals surface area contributed by atoms with Gasteiger partial charge in [-0.15, -0.1) is 0 Å². The Morgan fingerprint density at radius 3 is 2.68 bits per heavy atom. The average molecular weight is 327 g/mol. The molecule has 0 amide bonds. The fourth-order valence-corrected chi connectivity index (χ4v) is 4.58. The minimum atomic E-state index is -0.498. The quantitative estimate of drug-likeness (QED) is 0.787. The first kappa shape index (κ1) is 15.3. The Balaban J connectivity index is 2.10. The largest absolute Gasteiger partial charge is 0.288 e. The standard InChI is InChI=1S/C17H17N3S2/c1-17(2)8-12-13(9-18)15(19)20(11-6-4-3-5-7-11)16(21)14(12)10-22-17/h3-7,13,19H,8,10H2,1-2H3. The van der Waals surface area contributed by atoms with Crippen molar-refractivity contribution < 1.29 is 0 Å². The molecule has 1 N–H and O–H groups in total. The third kappa shape index (κ3) is 2.47. The van der Waals surface area contributed by atoms with Crippen LogP contribution in [0.25, 0.3) is 0 Å². The van der Waals surface area contributed by atoms with E-state index in [1.54, 1.807) is 4.90 Å². The molecule has 1 atom stereocenters. The van der Waals surface area contributed by atoms with Crippen LogP contribution < -0.4 is 4.90 Å². The Morgan fingerprint density at radius 2 is 2.05 bits per heavy atom. The highest BCUT2D eigenvalue weighted by atomic mass is 32.2. The van der Waals surface area contributed by atoms with Gasteiger partial charge in [-0.3, -0.25) is 10.3 Å². The van der Waals surface area contributed by atoms with E-state index >= 15 is 0 Å². The second-order valence-electron chi connectivity index (χ2n) is 6.15. The van der Waals surface area contributed by atoms with Crippen molar-refractivity contribution in [2.75, 3.05) is 10.7 Å². The van der Waals surface area contributed by atoms with E-state index in [4.69, 9.17) is 17.6 Å². The molecule has 1 unspecified atom stereocenters. The summed E-state index contributed by atoms with van der Waals surface area (Å²) >= 11 is 7.53. The predicted octanol–water partition coefficient (Wildman–Crippen LogP) is 4.16. The van der Waals surface area contributed by atoms with E-state index in [2.05, 4.69) is 19.9 Å². The van der Waals surface area contributed by atoms with Crippen LogP contribution in [0.2, 0.25) is 0 Å². The van der Waals surface area contributed by atoms with Crippen molar-refractivity contribution in [2.45, 2.75) is 25.0 Å². The summed E-state index contributed by atoms with van der Waals surface area (Å²) in [5, 5.41) is 18.1. The van der Waals surface area contributed by atoms with E-state index in [0.717, 1.165) is 29.0 Å². The maximum Gasteiger partial charge on any atom is 0.128 e. The molecule has 0 aliphatic carbocycles. The van der Waals surface area contributed by atoms with Gasteiger partial charge in [0.05, 0.1) is 6.07 Å². The van der Waals surface area contributed by atoms with Crippen LogP contribution in [0.1, 0.15) is 20.3 Å². The molecular formula is C17H17N3S2. The molecule has 0 aromatic heterocycles. The lowest BCUT2D eigenvalue weighted by molar-refractivity contribution is 0.663. The highest BCUT2D eigenvalue weighted by Crippen LogP contribution is 2.45. The molecule has 3 nitrogen and oxygen atoms in total. The van der Waals surface area contributed by atoms with Crippen molar-refractivity contribution in [1.82, 2.24) is 0 Å². The van der Waals surface area contributed by atoms with Crippen LogP contribution in [0.4, 0.5) is 5.69 Å². The van der Waals surface area contributed by atoms with Crippen molar-refractivity contribution in [3.8, 4) is 6.07 Å². The Hall–Kier alpha value is -1.64. The molecule has 1 aromatic carbocycles. The van der Waals surface area contributed by atoms with Crippen LogP contribution in [0.15, 0.2) is 41.5 Å². The number of nitrogens with zero attached hydrogens (tertiary/aromatic N) is 2. The van der Waals surface area contributed by atoms with Gasteiger partial charge >= 0.3 is 0 Å². The van der Waals surface area contributed by atoms with E-state index in [9.17, 15) is 5.26 Å². The number of benzene rings is 1. The number of rotatable bonds is 1. The van der Waals surface area contributed by atoms with Crippen LogP contribution in [0.5, 0.6) is 0 Å². The van der Waals surface area contributed by atoms with Gasteiger partial charge in [0.2, 0.25) is 0 Å². The molecule has 3 rings (SSSR count). The van der Waals surface area contributed by atoms with Crippen molar-refractivity contribution in [3.05, 3.63) is 41.5 Å². The zero-order chi connectivity index (χ0) is 15.9. The van der Waals surface area contributed by atoms with E-state index in [-0.39, 0.29) is 10.6 Å². The highest BCUT2D eigenvalue weighted by molar-refractivity contribution is 8.01. The Kier molecular flexibility index (Phi) is 3.84. The first-order valence-corrected chi connectivity index (χ1v) is 8.57. The third-order valence-electron chi connectivity index (χ3n) is 4.08. The minimum Gasteiger partial charge on any atom is -0.288 e. The topological polar surface area (TPSA) is 50.9 Å². The smallest absolute Gasteiger partial charge is 0.128 e. The zero-order valence-electron chi connectivity index (χ0n) is 12.6. The first-order chi connectivity index (χ1) is 10.4. The monoisotopic (exact) mass is 327 g/mol. The summed E-state index contributed by atoms with van der Waals surface area (Å²) in [4.78, 5) is 2.43. The summed E-state index contributed by atoms with van der Waals surface area (Å²) in [5.41, 5.74) is 2.98. The molecule has 2 aliphatic heterocycles. The number of thiocarbonyl (C=S) groups is 1. The van der Waals surface area contributed by atoms with Crippen molar-refractivity contribution in [3.63, 3.8) is 0 Å². The third-order valence-corrected chi connectivity index (χ3v) is 5.87. The lowest BCUT2D eigenvalue weighted by Crippen LogP contribution is -2.48. The van der Waals surface area contributed by atoms with Crippen LogP contribution in [0.3, 0.4) is 0 Å². The highest BCUT2D eigenvalue weighted by Gasteiger charge is 2.41. The fourth-order valence-electron chi connectivity index (χ4n) is 2.96. The molecule has 0 fully saturated rings. The zero-order valence-corrected chi connectivity index (χ0v) is 14.2. The van der Waals surface area contributed by atoms with Gasteiger partial charge in [0.25, 0.3) is 0 Å². The first-order valence-electron chi connectivity index (χ1n) is 7.18. The number of hydrogen-bond donors (Lipinski definition) is 1. The molecule has 2 heterocycles. The van der Waals surface area contributed by atoms with Gasteiger partial charge in [0.1, 0.15) is 16.7 Å². The van der Waals surface area contributed by atoms with Crippen molar-refractivity contribution in [2.24, 2.45) is 5.92 Å². The number of nitrogens with one attached hydrogen (secondary N) is 1. The maximum absolute atomic E-state index is 9.62. The van der Waals surface area contributed by atoms with E-state index < -0.39 is 5.92 Å². The molecular weight excluding hydrogens is 310 g/mol. The average Bonchev–Trinajstić information content (AvgIpc) is 2.48. The van der Waals surface area contributed by atoms with Crippen molar-refractivity contribution in [1.29, 1.82) is 10.7 Å². The molecule has 0 saturated heterocycles. The summed E-state index contributed by atoms with van der Waals surface area (Å²) in [6.07, 6.45) is 0.816. The molecule has 0 spiro atoms. The number of thioether (sulfide) groups is 1. The Labute approximate surface area is 140 Å². The summed E-state index contributed by atoms with van der Waals surface area (Å²) in [5.74, 6) is 0.595. The normalized spacial score (nSPS) is 24.0. The molecule has 0 bridgehead atoms. The second-order valence-corrected chi connectivity index (χ2v) is 8.22. The lowest BCUT2D eigenvalue weighted by atomic mass is 9.83. The van der Waals surface area contributed by atoms with Crippen LogP contribution >= 0.6 is 24.0 Å². The summed E-state index contributed by atoms with van der Waals surface area (Å²) in [6, 6.07) is 12.0. The van der Waals surface area contributed by atoms with Gasteiger partial charge < -0.3 is 0 Å². The predicted molar refractivity (Wildman–Crippen MR) is 96.5 cm³/mol. The van der Waals surface area contributed by atoms with Gasteiger partial charge in [0.15, 0.2) is 0 Å². The maximum atomic E-state index is 9.62. The number of amidine groups is 1. The molecule has 0 radical (unpaired) electrons. The number of anilines is 1. The van der Waals surface area contributed by atoms with Gasteiger partial charge in [0, 0.05) is 16.2 Å². The molecule has 112 valence electrons. The molecule has 0 saturated carbocycles. The lowest BCUT2D eigenvalue weighted by Gasteiger charge is -2.42. The van der Waals surface area contributed by atoms with Gasteiger partial charge in [-0.25, -0.2) is 0 Å². The van der Waals surface area contributed by atoms with Gasteiger partial charge in [-0.1, -0.05) is 44.3 Å². The Morgan fingerprint density at radius 1 is 1.36 bits per heavy atom. The van der Waals surface area contributed by atoms with Gasteiger partial charge in [-0.05, 0) is 29.7 Å². The summed E-state index contributed by atoms with van der Waals surface area (Å²) < 4.78 is 0.0960. The number of para-hydroxylation sites is 1. The van der Waals surface area contributed by atoms with Crippen LogP contribution in [0, 0.1) is 22.7 Å². The SMILES string of the molecule is CC1(C)CC2=C(CS1)C(=S)N(c1ccccc1)C(=N)C2C#N. The van der Waals surface area contributed by atoms with E-state index in [1.165, 1.54) is 0 Å². The van der Waals surface area contributed by atoms with E-state index in [0.29, 0.717) is 4.99 Å². The number of nitriles is 1. The fraction of sp³-hybridized carbons (Fsp3) is 0.353. The van der Waals surface area contributed by atoms with Gasteiger partial charge in [-0.2, -0.15) is 17.0 Å². The van der Waals surface area contributed by atoms with Crippen molar-refractivity contribution >= 4 is 40.5 Å². The molecule has 2 aliphatic rings. The second kappa shape index (κ2) is 5.53. The number of hydrogen-bond acceptors (Lipinski definition) is 4. The van der Waals surface area contributed by atoms with Crippen LogP contribution in [-0.4, -0.2) is 21.3 Å². The van der Waals surface area contributed by atoms with Crippen LogP contribution in [-0.2, 0) is 0 Å². The molecule has 22 heavy (non-hydrogen) atoms. The summed E-state index contributed by atoms with van der Waals surface area (Å²) in [6.45, 7) is 4.37. The van der Waals surface area contributed by atoms with E-state index in [1.807, 2.05) is 42.1 Å². The summed E-state index contributed by atoms with van der Waals surface area (Å²) in [7, 11) is 0. The Bertz CT molecular complexity index is 713. The minimum absolute atomic E-state index is 0.0960.